The highest BCUT2D eigenvalue weighted by Crippen LogP contribution is 1.98. The first-order valence-corrected chi connectivity index (χ1v) is 5.54. The minimum absolute atomic E-state index is 0.286. The second kappa shape index (κ2) is 14.1. The normalized spacial score (nSPS) is 9.12. The number of unbranched alkanes of at least 4 members (excludes halogenated alkanes) is 2. The molecule has 0 saturated carbocycles. The van der Waals surface area contributed by atoms with Gasteiger partial charge >= 0.3 is 5.97 Å². The number of aliphatic hydroxyl groups is 2. The number of rotatable bonds is 5. The Morgan fingerprint density at radius 3 is 1.88 bits per heavy atom. The Morgan fingerprint density at radius 1 is 1.25 bits per heavy atom. The molecule has 0 bridgehead atoms. The van der Waals surface area contributed by atoms with Crippen LogP contribution >= 0.6 is 0 Å². The summed E-state index contributed by atoms with van der Waals surface area (Å²) in [5.74, 6) is -2.21. The predicted octanol–water partition coefficient (Wildman–Crippen LogP) is 2.55. The van der Waals surface area contributed by atoms with Crippen molar-refractivity contribution in [2.45, 2.75) is 59.2 Å². The third-order valence-corrected chi connectivity index (χ3v) is 1.05. The van der Waals surface area contributed by atoms with Gasteiger partial charge in [0.05, 0.1) is 0 Å². The monoisotopic (exact) mass is 234 g/mol. The molecular formula is C12H26O4. The topological polar surface area (TPSA) is 77.8 Å². The van der Waals surface area contributed by atoms with E-state index < -0.39 is 11.8 Å². The number of carboxylic acids is 1. The summed E-state index contributed by atoms with van der Waals surface area (Å²) >= 11 is 0. The van der Waals surface area contributed by atoms with Crippen molar-refractivity contribution in [3.05, 3.63) is 12.7 Å². The van der Waals surface area contributed by atoms with Crippen molar-refractivity contribution in [1.82, 2.24) is 0 Å². The van der Waals surface area contributed by atoms with E-state index in [1.807, 2.05) is 19.9 Å². The first kappa shape index (κ1) is 20.5. The lowest BCUT2D eigenvalue weighted by atomic mass is 10.2. The molecule has 0 aromatic rings. The maximum absolute atomic E-state index is 9.94. The molecule has 0 spiro atoms. The molecule has 0 atom stereocenters. The number of hydrogen-bond donors (Lipinski definition) is 3. The molecule has 0 aliphatic rings. The summed E-state index contributed by atoms with van der Waals surface area (Å²) in [4.78, 5) is 9.94. The smallest absolute Gasteiger partial charge is 0.303 e. The van der Waals surface area contributed by atoms with E-state index in [4.69, 9.17) is 15.3 Å². The molecule has 0 aliphatic heterocycles. The lowest BCUT2D eigenvalue weighted by Gasteiger charge is -2.03. The molecule has 0 amide bonds. The van der Waals surface area contributed by atoms with Crippen LogP contribution in [0.3, 0.4) is 0 Å². The molecule has 0 rings (SSSR count). The van der Waals surface area contributed by atoms with Gasteiger partial charge in [0.2, 0.25) is 0 Å². The van der Waals surface area contributed by atoms with Crippen LogP contribution < -0.4 is 0 Å². The van der Waals surface area contributed by atoms with Gasteiger partial charge in [-0.2, -0.15) is 0 Å². The zero-order valence-corrected chi connectivity index (χ0v) is 10.9. The third kappa shape index (κ3) is 73.4. The number of carbonyl (C=O) groups is 1. The summed E-state index contributed by atoms with van der Waals surface area (Å²) in [6.45, 7) is 10.1. The van der Waals surface area contributed by atoms with E-state index in [-0.39, 0.29) is 6.42 Å². The van der Waals surface area contributed by atoms with Crippen molar-refractivity contribution in [3.63, 3.8) is 0 Å². The highest BCUT2D eigenvalue weighted by molar-refractivity contribution is 5.66. The average Bonchev–Trinajstić information content (AvgIpc) is 2.13. The molecule has 4 heteroatoms. The second-order valence-electron chi connectivity index (χ2n) is 3.42. The Labute approximate surface area is 98.6 Å². The summed E-state index contributed by atoms with van der Waals surface area (Å²) in [5, 5.41) is 24.3. The largest absolute Gasteiger partial charge is 0.481 e. The molecule has 0 aromatic carbocycles. The van der Waals surface area contributed by atoms with Gasteiger partial charge in [-0.05, 0) is 33.1 Å². The summed E-state index contributed by atoms with van der Waals surface area (Å²) in [6.07, 6.45) is 4.72. The average molecular weight is 234 g/mol. The fourth-order valence-corrected chi connectivity index (χ4v) is 0.565. The molecule has 3 N–H and O–H groups in total. The van der Waals surface area contributed by atoms with Gasteiger partial charge in [0.1, 0.15) is 0 Å². The van der Waals surface area contributed by atoms with Crippen LogP contribution in [-0.4, -0.2) is 27.1 Å². The van der Waals surface area contributed by atoms with Crippen LogP contribution in [0.2, 0.25) is 0 Å². The van der Waals surface area contributed by atoms with Gasteiger partial charge < -0.3 is 15.3 Å². The minimum atomic E-state index is -1.50. The van der Waals surface area contributed by atoms with Crippen LogP contribution in [0.5, 0.6) is 0 Å². The van der Waals surface area contributed by atoms with E-state index in [0.29, 0.717) is 0 Å². The number of carboxylic acid groups (broad SMARTS) is 1. The summed E-state index contributed by atoms with van der Waals surface area (Å²) in [7, 11) is 0. The highest BCUT2D eigenvalue weighted by atomic mass is 16.5. The third-order valence-electron chi connectivity index (χ3n) is 1.05. The molecule has 0 radical (unpaired) electrons. The predicted molar refractivity (Wildman–Crippen MR) is 66.2 cm³/mol. The molecule has 0 aromatic heterocycles. The van der Waals surface area contributed by atoms with E-state index in [2.05, 4.69) is 6.58 Å². The van der Waals surface area contributed by atoms with Crippen LogP contribution in [0, 0.1) is 0 Å². The number of aliphatic carboxylic acids is 1. The van der Waals surface area contributed by atoms with Gasteiger partial charge in [-0.1, -0.05) is 19.9 Å². The van der Waals surface area contributed by atoms with E-state index in [1.165, 1.54) is 13.8 Å². The minimum Gasteiger partial charge on any atom is -0.481 e. The van der Waals surface area contributed by atoms with Crippen LogP contribution in [0.25, 0.3) is 0 Å². The lowest BCUT2D eigenvalue weighted by molar-refractivity contribution is -0.137. The van der Waals surface area contributed by atoms with Gasteiger partial charge in [-0.3, -0.25) is 4.79 Å². The van der Waals surface area contributed by atoms with Gasteiger partial charge in [0.25, 0.3) is 0 Å². The standard InChI is InChI=1S/C7H12O2.C3H8O2.C2H6/c1-2-3-4-5-6-7(8)9;1-3(2,4)5;1-2/h2H,1,3-6H2,(H,8,9);4-5H,1-2H3;1-2H3. The molecule has 0 unspecified atom stereocenters. The van der Waals surface area contributed by atoms with E-state index in [9.17, 15) is 4.79 Å². The van der Waals surface area contributed by atoms with Gasteiger partial charge in [-0.15, -0.1) is 6.58 Å². The quantitative estimate of drug-likeness (QED) is 0.388. The van der Waals surface area contributed by atoms with Gasteiger partial charge in [-0.25, -0.2) is 0 Å². The molecule has 0 aliphatic carbocycles. The maximum atomic E-state index is 9.94. The van der Waals surface area contributed by atoms with Crippen LogP contribution in [-0.2, 0) is 4.79 Å². The van der Waals surface area contributed by atoms with E-state index >= 15 is 0 Å². The summed E-state index contributed by atoms with van der Waals surface area (Å²) in [5.41, 5.74) is 0. The summed E-state index contributed by atoms with van der Waals surface area (Å²) < 4.78 is 0. The Hall–Kier alpha value is -0.870. The van der Waals surface area contributed by atoms with Crippen molar-refractivity contribution in [2.75, 3.05) is 0 Å². The molecule has 98 valence electrons. The zero-order valence-electron chi connectivity index (χ0n) is 10.9. The fraction of sp³-hybridized carbons (Fsp3) is 0.750. The Balaban J connectivity index is -0.000000205. The molecule has 0 heterocycles. The van der Waals surface area contributed by atoms with Crippen LogP contribution in [0.4, 0.5) is 0 Å². The van der Waals surface area contributed by atoms with Crippen molar-refractivity contribution in [1.29, 1.82) is 0 Å². The second-order valence-corrected chi connectivity index (χ2v) is 3.42. The van der Waals surface area contributed by atoms with Crippen molar-refractivity contribution in [3.8, 4) is 0 Å². The van der Waals surface area contributed by atoms with Gasteiger partial charge in [0, 0.05) is 6.42 Å². The number of allylic oxidation sites excluding steroid dienone is 1. The molecule has 0 fully saturated rings. The highest BCUT2D eigenvalue weighted by Gasteiger charge is 2.00. The van der Waals surface area contributed by atoms with Crippen molar-refractivity contribution < 1.29 is 20.1 Å². The maximum Gasteiger partial charge on any atom is 0.303 e. The number of hydrogen-bond acceptors (Lipinski definition) is 3. The van der Waals surface area contributed by atoms with Crippen molar-refractivity contribution in [2.24, 2.45) is 0 Å². The van der Waals surface area contributed by atoms with Gasteiger partial charge in [0.15, 0.2) is 5.79 Å². The molecule has 16 heavy (non-hydrogen) atoms. The molecule has 4 nitrogen and oxygen atoms in total. The fourth-order valence-electron chi connectivity index (χ4n) is 0.565. The van der Waals surface area contributed by atoms with Crippen LogP contribution in [0.15, 0.2) is 12.7 Å². The van der Waals surface area contributed by atoms with Crippen molar-refractivity contribution >= 4 is 5.97 Å². The van der Waals surface area contributed by atoms with E-state index in [1.54, 1.807) is 0 Å². The van der Waals surface area contributed by atoms with Crippen LogP contribution in [0.1, 0.15) is 53.4 Å². The lowest BCUT2D eigenvalue weighted by Crippen LogP contribution is -2.15. The zero-order chi connectivity index (χ0) is 13.6. The summed E-state index contributed by atoms with van der Waals surface area (Å²) in [6, 6.07) is 0. The van der Waals surface area contributed by atoms with E-state index in [0.717, 1.165) is 19.3 Å². The Morgan fingerprint density at radius 2 is 1.62 bits per heavy atom. The molecular weight excluding hydrogens is 208 g/mol. The Kier molecular flexibility index (Phi) is 18.1. The SMILES string of the molecule is C=CCCCCC(=O)O.CC.CC(C)(O)O. The molecule has 0 saturated heterocycles. The first-order valence-electron chi connectivity index (χ1n) is 5.54. The Bertz CT molecular complexity index is 153. The first-order chi connectivity index (χ1) is 7.27.